The van der Waals surface area contributed by atoms with Crippen LogP contribution in [0.5, 0.6) is 0 Å². The Balaban J connectivity index is 1.65. The number of nitrogens with zero attached hydrogens (tertiary/aromatic N) is 2. The maximum absolute atomic E-state index is 12.6. The van der Waals surface area contributed by atoms with Gasteiger partial charge in [0.05, 0.1) is 12.7 Å². The molecular formula is C21H24FN3OS. The van der Waals surface area contributed by atoms with Crippen molar-refractivity contribution in [1.82, 2.24) is 15.2 Å². The molecule has 0 radical (unpaired) electrons. The molecule has 1 aliphatic heterocycles. The minimum absolute atomic E-state index is 0.142. The van der Waals surface area contributed by atoms with Crippen LogP contribution in [0.25, 0.3) is 0 Å². The van der Waals surface area contributed by atoms with Crippen molar-refractivity contribution in [3.63, 3.8) is 0 Å². The molecule has 0 bridgehead atoms. The van der Waals surface area contributed by atoms with Gasteiger partial charge in [-0.15, -0.1) is 0 Å². The Bertz CT molecular complexity index is 767. The van der Waals surface area contributed by atoms with Crippen molar-refractivity contribution < 1.29 is 9.18 Å². The number of hydrogen-bond acceptors (Lipinski definition) is 3. The summed E-state index contributed by atoms with van der Waals surface area (Å²) in [5.41, 5.74) is 2.70. The lowest BCUT2D eigenvalue weighted by Gasteiger charge is -2.37. The standard InChI is InChI=1S/C21H24FN3OS/c22-12-3-5-16-8-10-17(11-9-16)20(26)24-21(27)25-14-2-1-7-19(25)18-6-4-13-23-15-18/h4,6,8-11,13,15,19H,1-3,5,7,12,14H2,(H,24,26,27). The van der Waals surface area contributed by atoms with Crippen LogP contribution in [-0.2, 0) is 6.42 Å². The Kier molecular flexibility index (Phi) is 6.87. The van der Waals surface area contributed by atoms with Crippen molar-refractivity contribution in [2.75, 3.05) is 13.2 Å². The number of pyridine rings is 1. The van der Waals surface area contributed by atoms with Crippen LogP contribution in [0.15, 0.2) is 48.8 Å². The summed E-state index contributed by atoms with van der Waals surface area (Å²) in [6.45, 7) is 0.491. The van der Waals surface area contributed by atoms with E-state index in [1.54, 1.807) is 18.3 Å². The number of benzene rings is 1. The van der Waals surface area contributed by atoms with Crippen molar-refractivity contribution in [1.29, 1.82) is 0 Å². The van der Waals surface area contributed by atoms with Crippen LogP contribution in [0.4, 0.5) is 4.39 Å². The van der Waals surface area contributed by atoms with E-state index in [1.165, 1.54) is 0 Å². The van der Waals surface area contributed by atoms with Crippen LogP contribution in [0.1, 0.15) is 53.2 Å². The fourth-order valence-corrected chi connectivity index (χ4v) is 3.74. The first-order valence-corrected chi connectivity index (χ1v) is 9.76. The number of thiocarbonyl (C=S) groups is 1. The van der Waals surface area contributed by atoms with E-state index in [0.717, 1.165) is 36.9 Å². The highest BCUT2D eigenvalue weighted by Gasteiger charge is 2.27. The van der Waals surface area contributed by atoms with Gasteiger partial charge >= 0.3 is 0 Å². The molecule has 6 heteroatoms. The van der Waals surface area contributed by atoms with Gasteiger partial charge in [0.2, 0.25) is 0 Å². The van der Waals surface area contributed by atoms with Crippen LogP contribution in [0.2, 0.25) is 0 Å². The van der Waals surface area contributed by atoms with E-state index in [9.17, 15) is 9.18 Å². The molecule has 2 heterocycles. The zero-order valence-corrected chi connectivity index (χ0v) is 16.1. The first-order valence-electron chi connectivity index (χ1n) is 9.36. The molecule has 1 aromatic heterocycles. The summed E-state index contributed by atoms with van der Waals surface area (Å²) in [6, 6.07) is 11.4. The zero-order chi connectivity index (χ0) is 19.1. The maximum atomic E-state index is 12.6. The fourth-order valence-electron chi connectivity index (χ4n) is 3.43. The van der Waals surface area contributed by atoms with Gasteiger partial charge in [-0.25, -0.2) is 0 Å². The third-order valence-corrected chi connectivity index (χ3v) is 5.21. The molecule has 1 aliphatic rings. The topological polar surface area (TPSA) is 45.2 Å². The van der Waals surface area contributed by atoms with Gasteiger partial charge in [-0.05, 0) is 73.6 Å². The number of amides is 1. The number of nitrogens with one attached hydrogen (secondary N) is 1. The summed E-state index contributed by atoms with van der Waals surface area (Å²) >= 11 is 5.54. The van der Waals surface area contributed by atoms with Gasteiger partial charge in [-0.2, -0.15) is 0 Å². The van der Waals surface area contributed by atoms with E-state index in [-0.39, 0.29) is 18.6 Å². The van der Waals surface area contributed by atoms with Crippen molar-refractivity contribution in [3.8, 4) is 0 Å². The number of likely N-dealkylation sites (tertiary alicyclic amines) is 1. The molecule has 1 fully saturated rings. The van der Waals surface area contributed by atoms with Gasteiger partial charge in [-0.1, -0.05) is 18.2 Å². The molecule has 1 atom stereocenters. The minimum atomic E-state index is -0.329. The molecule has 1 saturated heterocycles. The Hall–Kier alpha value is -2.34. The van der Waals surface area contributed by atoms with Crippen molar-refractivity contribution in [2.45, 2.75) is 38.1 Å². The number of halogens is 1. The monoisotopic (exact) mass is 385 g/mol. The van der Waals surface area contributed by atoms with E-state index in [1.807, 2.05) is 24.4 Å². The molecule has 0 aliphatic carbocycles. The second-order valence-electron chi connectivity index (χ2n) is 6.74. The molecule has 1 N–H and O–H groups in total. The molecule has 1 amide bonds. The zero-order valence-electron chi connectivity index (χ0n) is 15.2. The normalized spacial score (nSPS) is 16.8. The number of aryl methyl sites for hydroxylation is 1. The van der Waals surface area contributed by atoms with E-state index in [4.69, 9.17) is 12.2 Å². The molecule has 27 heavy (non-hydrogen) atoms. The summed E-state index contributed by atoms with van der Waals surface area (Å²) in [5, 5.41) is 3.32. The van der Waals surface area contributed by atoms with Crippen LogP contribution in [0.3, 0.4) is 0 Å². The maximum Gasteiger partial charge on any atom is 0.257 e. The quantitative estimate of drug-likeness (QED) is 0.783. The highest BCUT2D eigenvalue weighted by Crippen LogP contribution is 2.30. The smallest absolute Gasteiger partial charge is 0.257 e. The molecule has 1 unspecified atom stereocenters. The summed E-state index contributed by atoms with van der Waals surface area (Å²) in [4.78, 5) is 18.9. The largest absolute Gasteiger partial charge is 0.342 e. The van der Waals surface area contributed by atoms with Crippen molar-refractivity contribution >= 4 is 23.2 Å². The molecule has 3 rings (SSSR count). The summed E-state index contributed by atoms with van der Waals surface area (Å²) in [7, 11) is 0. The number of piperidine rings is 1. The molecule has 142 valence electrons. The van der Waals surface area contributed by atoms with Crippen LogP contribution >= 0.6 is 12.2 Å². The average Bonchev–Trinajstić information content (AvgIpc) is 2.73. The predicted molar refractivity (Wildman–Crippen MR) is 108 cm³/mol. The fraction of sp³-hybridized carbons (Fsp3) is 0.381. The molecule has 1 aromatic carbocycles. The van der Waals surface area contributed by atoms with Crippen LogP contribution < -0.4 is 5.32 Å². The highest BCUT2D eigenvalue weighted by atomic mass is 32.1. The SMILES string of the molecule is O=C(NC(=S)N1CCCCC1c1cccnc1)c1ccc(CCCF)cc1. The summed E-state index contributed by atoms with van der Waals surface area (Å²) in [5.74, 6) is -0.215. The number of aromatic nitrogens is 1. The lowest BCUT2D eigenvalue weighted by molar-refractivity contribution is 0.0969. The first-order chi connectivity index (χ1) is 13.2. The van der Waals surface area contributed by atoms with Gasteiger partial charge in [0.1, 0.15) is 0 Å². The third-order valence-electron chi connectivity index (χ3n) is 4.87. The Morgan fingerprint density at radius 3 is 2.78 bits per heavy atom. The Morgan fingerprint density at radius 1 is 1.26 bits per heavy atom. The number of alkyl halides is 1. The number of carbonyl (C=O) groups is 1. The van der Waals surface area contributed by atoms with Gasteiger partial charge in [0.25, 0.3) is 5.91 Å². The molecular weight excluding hydrogens is 361 g/mol. The minimum Gasteiger partial charge on any atom is -0.342 e. The molecule has 0 saturated carbocycles. The molecule has 2 aromatic rings. The second kappa shape index (κ2) is 9.55. The third kappa shape index (κ3) is 5.10. The van der Waals surface area contributed by atoms with E-state index in [2.05, 4.69) is 21.3 Å². The summed E-state index contributed by atoms with van der Waals surface area (Å²) < 4.78 is 12.3. The Morgan fingerprint density at radius 2 is 2.07 bits per heavy atom. The highest BCUT2D eigenvalue weighted by molar-refractivity contribution is 7.80. The van der Waals surface area contributed by atoms with Crippen molar-refractivity contribution in [3.05, 3.63) is 65.5 Å². The van der Waals surface area contributed by atoms with E-state index in [0.29, 0.717) is 23.5 Å². The van der Waals surface area contributed by atoms with Crippen LogP contribution in [-0.4, -0.2) is 34.1 Å². The summed E-state index contributed by atoms with van der Waals surface area (Å²) in [6.07, 6.45) is 7.98. The second-order valence-corrected chi connectivity index (χ2v) is 7.13. The lowest BCUT2D eigenvalue weighted by Crippen LogP contribution is -2.46. The van der Waals surface area contributed by atoms with Crippen molar-refractivity contribution in [2.24, 2.45) is 0 Å². The van der Waals surface area contributed by atoms with Crippen LogP contribution in [0, 0.1) is 0 Å². The number of carbonyl (C=O) groups excluding carboxylic acids is 1. The first kappa shape index (κ1) is 19.4. The average molecular weight is 386 g/mol. The van der Waals surface area contributed by atoms with Gasteiger partial charge < -0.3 is 4.90 Å². The van der Waals surface area contributed by atoms with Gasteiger partial charge in [-0.3, -0.25) is 19.5 Å². The number of hydrogen-bond donors (Lipinski definition) is 1. The molecule has 0 spiro atoms. The number of rotatable bonds is 5. The van der Waals surface area contributed by atoms with E-state index < -0.39 is 0 Å². The van der Waals surface area contributed by atoms with Gasteiger partial charge in [0.15, 0.2) is 5.11 Å². The Labute approximate surface area is 164 Å². The lowest BCUT2D eigenvalue weighted by atomic mass is 9.97. The molecule has 4 nitrogen and oxygen atoms in total. The van der Waals surface area contributed by atoms with E-state index >= 15 is 0 Å². The predicted octanol–water partition coefficient (Wildman–Crippen LogP) is 4.23. The van der Waals surface area contributed by atoms with Gasteiger partial charge in [0, 0.05) is 24.5 Å².